The molecule has 14 heteroatoms. The highest BCUT2D eigenvalue weighted by Crippen LogP contribution is 2.45. The van der Waals surface area contributed by atoms with Crippen molar-refractivity contribution < 1.29 is 9.53 Å². The van der Waals surface area contributed by atoms with Gasteiger partial charge in [-0.2, -0.15) is 0 Å². The molecule has 0 radical (unpaired) electrons. The van der Waals surface area contributed by atoms with Crippen LogP contribution in [0.25, 0.3) is 41.6 Å². The summed E-state index contributed by atoms with van der Waals surface area (Å²) in [6.07, 6.45) is 1.53. The molecule has 0 aliphatic carbocycles. The second-order valence-electron chi connectivity index (χ2n) is 12.3. The molecule has 5 N–H and O–H groups in total. The van der Waals surface area contributed by atoms with Crippen LogP contribution < -0.4 is 16.8 Å². The summed E-state index contributed by atoms with van der Waals surface area (Å²) in [4.78, 5) is 26.2. The van der Waals surface area contributed by atoms with E-state index in [-0.39, 0.29) is 6.09 Å². The number of anilines is 2. The first-order valence-electron chi connectivity index (χ1n) is 15.0. The van der Waals surface area contributed by atoms with Gasteiger partial charge in [-0.05, 0) is 87.7 Å². The molecule has 6 aromatic rings. The van der Waals surface area contributed by atoms with E-state index < -0.39 is 5.60 Å². The molecular weight excluding hydrogens is 800 g/mol. The summed E-state index contributed by atoms with van der Waals surface area (Å²) in [7, 11) is 0. The highest BCUT2D eigenvalue weighted by atomic mass is 79.9. The molecule has 2 aromatic carbocycles. The molecular formula is C33H32Br2N6O2S4. The van der Waals surface area contributed by atoms with E-state index in [4.69, 9.17) is 26.2 Å². The molecule has 0 atom stereocenters. The summed E-state index contributed by atoms with van der Waals surface area (Å²) in [6.45, 7) is 8.76. The number of nitrogens with one attached hydrogen (secondary N) is 1. The van der Waals surface area contributed by atoms with Gasteiger partial charge in [-0.1, -0.05) is 31.9 Å². The third-order valence-electron chi connectivity index (χ3n) is 7.82. The van der Waals surface area contributed by atoms with Gasteiger partial charge in [0.05, 0.1) is 37.0 Å². The molecule has 2 aliphatic rings. The number of hydrogen-bond acceptors (Lipinski definition) is 11. The van der Waals surface area contributed by atoms with E-state index in [1.807, 2.05) is 32.9 Å². The van der Waals surface area contributed by atoms with Gasteiger partial charge in [-0.3, -0.25) is 0 Å². The Balaban J connectivity index is 0.000000156. The highest BCUT2D eigenvalue weighted by molar-refractivity contribution is 9.10. The molecule has 6 heterocycles. The predicted molar refractivity (Wildman–Crippen MR) is 206 cm³/mol. The Hall–Kier alpha value is -2.59. The molecule has 47 heavy (non-hydrogen) atoms. The quantitative estimate of drug-likeness (QED) is 0.159. The van der Waals surface area contributed by atoms with Crippen molar-refractivity contribution in [3.63, 3.8) is 0 Å². The number of carbonyl (C=O) groups is 1. The van der Waals surface area contributed by atoms with E-state index in [2.05, 4.69) is 61.4 Å². The van der Waals surface area contributed by atoms with E-state index in [0.29, 0.717) is 13.1 Å². The number of nitrogens with two attached hydrogens (primary N) is 2. The minimum absolute atomic E-state index is 0.272. The van der Waals surface area contributed by atoms with Crippen molar-refractivity contribution in [2.75, 3.05) is 24.6 Å². The summed E-state index contributed by atoms with van der Waals surface area (Å²) in [5.41, 5.74) is 19.0. The topological polar surface area (TPSA) is 119 Å². The molecule has 0 spiro atoms. The van der Waals surface area contributed by atoms with Crippen molar-refractivity contribution in [2.45, 2.75) is 52.3 Å². The third-order valence-corrected chi connectivity index (χ3v) is 13.0. The second-order valence-corrected chi connectivity index (χ2v) is 18.5. The number of aromatic nitrogens is 2. The fourth-order valence-electron chi connectivity index (χ4n) is 5.75. The number of halogens is 2. The lowest BCUT2D eigenvalue weighted by molar-refractivity contribution is 0.0227. The zero-order valence-corrected chi connectivity index (χ0v) is 32.3. The normalized spacial score (nSPS) is 14.5. The lowest BCUT2D eigenvalue weighted by atomic mass is 10.0. The van der Waals surface area contributed by atoms with Crippen LogP contribution in [0.3, 0.4) is 0 Å². The van der Waals surface area contributed by atoms with Crippen LogP contribution in [0.15, 0.2) is 45.3 Å². The van der Waals surface area contributed by atoms with Crippen molar-refractivity contribution >= 4 is 114 Å². The predicted octanol–water partition coefficient (Wildman–Crippen LogP) is 9.68. The average molecular weight is 833 g/mol. The van der Waals surface area contributed by atoms with Gasteiger partial charge in [0.2, 0.25) is 0 Å². The van der Waals surface area contributed by atoms with Gasteiger partial charge < -0.3 is 26.4 Å². The van der Waals surface area contributed by atoms with Gasteiger partial charge in [0.1, 0.15) is 15.6 Å². The average Bonchev–Trinajstić information content (AvgIpc) is 3.76. The maximum absolute atomic E-state index is 12.4. The number of thiazole rings is 2. The highest BCUT2D eigenvalue weighted by Gasteiger charge is 2.30. The van der Waals surface area contributed by atoms with E-state index >= 15 is 0 Å². The van der Waals surface area contributed by atoms with Gasteiger partial charge in [-0.15, -0.1) is 45.3 Å². The Labute approximate surface area is 305 Å². The van der Waals surface area contributed by atoms with Gasteiger partial charge in [0.25, 0.3) is 0 Å². The van der Waals surface area contributed by atoms with Crippen molar-refractivity contribution in [3.05, 3.63) is 66.2 Å². The number of fused-ring (bicyclic) bond motifs is 4. The first kappa shape index (κ1) is 32.9. The molecule has 2 aliphatic heterocycles. The van der Waals surface area contributed by atoms with Gasteiger partial charge in [0, 0.05) is 42.9 Å². The molecule has 0 saturated heterocycles. The van der Waals surface area contributed by atoms with Crippen molar-refractivity contribution in [1.82, 2.24) is 20.2 Å². The maximum Gasteiger partial charge on any atom is 0.410 e. The zero-order valence-electron chi connectivity index (χ0n) is 25.9. The van der Waals surface area contributed by atoms with Gasteiger partial charge in [0.15, 0.2) is 0 Å². The molecule has 244 valence electrons. The van der Waals surface area contributed by atoms with E-state index in [1.165, 1.54) is 26.3 Å². The zero-order chi connectivity index (χ0) is 33.0. The molecule has 0 bridgehead atoms. The van der Waals surface area contributed by atoms with Crippen molar-refractivity contribution in [1.29, 1.82) is 0 Å². The number of ether oxygens (including phenoxy) is 1. The Bertz CT molecular complexity index is 2140. The Kier molecular flexibility index (Phi) is 9.13. The lowest BCUT2D eigenvalue weighted by Crippen LogP contribution is -2.39. The lowest BCUT2D eigenvalue weighted by Gasteiger charge is -2.30. The first-order chi connectivity index (χ1) is 22.4. The summed E-state index contributed by atoms with van der Waals surface area (Å²) in [6, 6.07) is 12.3. The van der Waals surface area contributed by atoms with Crippen LogP contribution in [-0.2, 0) is 30.7 Å². The molecule has 4 aromatic heterocycles. The van der Waals surface area contributed by atoms with E-state index in [0.717, 1.165) is 81.1 Å². The van der Waals surface area contributed by atoms with Crippen LogP contribution in [0, 0.1) is 0 Å². The number of benzene rings is 2. The van der Waals surface area contributed by atoms with Crippen LogP contribution in [0.2, 0.25) is 0 Å². The minimum atomic E-state index is -0.494. The van der Waals surface area contributed by atoms with Crippen molar-refractivity contribution in [2.24, 2.45) is 0 Å². The molecule has 8 rings (SSSR count). The van der Waals surface area contributed by atoms with Crippen LogP contribution in [-0.4, -0.2) is 39.7 Å². The standard InChI is InChI=1S/C19H20BrN3O2S2.C14H12BrN3S2/c1-19(2,3)25-18(24)23-7-6-11-14(9-23)26-16(21)15(11)17-22-12-8-10(20)4-5-13(12)27-17;15-7-1-2-10-9(5-7)18-14(20-10)12-8-3-4-17-6-11(8)19-13(12)16/h4-5,8H,6-7,9,21H2,1-3H3;1-2,5,17H,3-4,6,16H2. The Morgan fingerprint density at radius 1 is 0.851 bits per heavy atom. The fraction of sp³-hybridized carbons (Fsp3) is 0.303. The number of hydrogen-bond donors (Lipinski definition) is 3. The largest absolute Gasteiger partial charge is 0.444 e. The van der Waals surface area contributed by atoms with E-state index in [9.17, 15) is 4.79 Å². The number of nitrogens with zero attached hydrogens (tertiary/aromatic N) is 3. The minimum Gasteiger partial charge on any atom is -0.444 e. The smallest absolute Gasteiger partial charge is 0.410 e. The second kappa shape index (κ2) is 13.0. The number of thiophene rings is 2. The Morgan fingerprint density at radius 3 is 1.98 bits per heavy atom. The summed E-state index contributed by atoms with van der Waals surface area (Å²) in [5, 5.41) is 7.07. The summed E-state index contributed by atoms with van der Waals surface area (Å²) >= 11 is 13.6. The van der Waals surface area contributed by atoms with Crippen molar-refractivity contribution in [3.8, 4) is 21.1 Å². The monoisotopic (exact) mass is 830 g/mol. The molecule has 0 fully saturated rings. The summed E-state index contributed by atoms with van der Waals surface area (Å²) < 4.78 is 9.93. The van der Waals surface area contributed by atoms with Crippen LogP contribution in [0.5, 0.6) is 0 Å². The molecule has 0 saturated carbocycles. The van der Waals surface area contributed by atoms with Gasteiger partial charge in [-0.25, -0.2) is 14.8 Å². The molecule has 0 unspecified atom stereocenters. The summed E-state index contributed by atoms with van der Waals surface area (Å²) in [5.74, 6) is 0. The fourth-order valence-corrected chi connectivity index (χ4v) is 10.9. The molecule has 8 nitrogen and oxygen atoms in total. The van der Waals surface area contributed by atoms with E-state index in [1.54, 1.807) is 50.2 Å². The number of carbonyl (C=O) groups excluding carboxylic acids is 1. The first-order valence-corrected chi connectivity index (χ1v) is 19.9. The van der Waals surface area contributed by atoms with Gasteiger partial charge >= 0.3 is 6.09 Å². The number of nitrogen functional groups attached to an aromatic ring is 2. The number of amides is 1. The number of rotatable bonds is 2. The SMILES string of the molecule is CC(C)(C)OC(=O)N1CCc2c(sc(N)c2-c2nc3cc(Br)ccc3s2)C1.Nc1sc2c(c1-c1nc3cc(Br)ccc3s1)CCNC2. The molecule has 1 amide bonds. The Morgan fingerprint density at radius 2 is 1.40 bits per heavy atom. The van der Waals surface area contributed by atoms with Crippen LogP contribution >= 0.6 is 77.2 Å². The maximum atomic E-state index is 12.4. The van der Waals surface area contributed by atoms with Crippen LogP contribution in [0.1, 0.15) is 41.7 Å². The van der Waals surface area contributed by atoms with Crippen LogP contribution in [0.4, 0.5) is 14.8 Å². The third kappa shape index (κ3) is 6.83.